The van der Waals surface area contributed by atoms with Crippen LogP contribution in [0, 0.1) is 0 Å². The van der Waals surface area contributed by atoms with Crippen molar-refractivity contribution in [1.29, 1.82) is 0 Å². The van der Waals surface area contributed by atoms with Gasteiger partial charge >= 0.3 is 0 Å². The largest absolute Gasteiger partial charge is 0.504 e. The molecular formula is C20H22O7. The molecule has 3 rings (SSSR count). The second-order valence-corrected chi connectivity index (χ2v) is 5.19. The molecule has 1 heterocycles. The van der Waals surface area contributed by atoms with Crippen molar-refractivity contribution in [2.75, 3.05) is 21.3 Å². The topological polar surface area (TPSA) is 98.4 Å². The number of ether oxygens (including phenoxy) is 3. The first-order valence-corrected chi connectivity index (χ1v) is 8.29. The Morgan fingerprint density at radius 1 is 0.815 bits per heavy atom. The van der Waals surface area contributed by atoms with Crippen molar-refractivity contribution in [3.05, 3.63) is 40.6 Å². The molecule has 0 fully saturated rings. The minimum Gasteiger partial charge on any atom is -0.504 e. The molecule has 0 aliphatic carbocycles. The van der Waals surface area contributed by atoms with Crippen LogP contribution in [0.1, 0.15) is 13.8 Å². The molecule has 0 unspecified atom stereocenters. The van der Waals surface area contributed by atoms with Crippen LogP contribution >= 0.6 is 0 Å². The number of benzene rings is 2. The third kappa shape index (κ3) is 3.62. The summed E-state index contributed by atoms with van der Waals surface area (Å²) in [6.45, 7) is 4.00. The normalized spacial score (nSPS) is 10.1. The van der Waals surface area contributed by atoms with Crippen LogP contribution in [-0.2, 0) is 0 Å². The summed E-state index contributed by atoms with van der Waals surface area (Å²) >= 11 is 0. The van der Waals surface area contributed by atoms with Crippen LogP contribution in [0.15, 0.2) is 39.5 Å². The van der Waals surface area contributed by atoms with Crippen LogP contribution in [0.2, 0.25) is 0 Å². The fraction of sp³-hybridized carbons (Fsp3) is 0.250. The lowest BCUT2D eigenvalue weighted by Gasteiger charge is -2.11. The monoisotopic (exact) mass is 374 g/mol. The van der Waals surface area contributed by atoms with Gasteiger partial charge in [0.25, 0.3) is 0 Å². The number of phenolic OH excluding ortho intramolecular Hbond substituents is 2. The summed E-state index contributed by atoms with van der Waals surface area (Å²) in [6.07, 6.45) is 0. The smallest absolute Gasteiger partial charge is 0.201 e. The zero-order valence-corrected chi connectivity index (χ0v) is 15.8. The predicted octanol–water partition coefficient (Wildman–Crippen LogP) is 3.92. The van der Waals surface area contributed by atoms with Crippen molar-refractivity contribution < 1.29 is 28.8 Å². The van der Waals surface area contributed by atoms with Crippen LogP contribution < -0.4 is 19.6 Å². The molecule has 0 radical (unpaired) electrons. The number of fused-ring (bicyclic) bond motifs is 1. The van der Waals surface area contributed by atoms with Gasteiger partial charge in [0.1, 0.15) is 16.7 Å². The van der Waals surface area contributed by atoms with Gasteiger partial charge in [-0.15, -0.1) is 0 Å². The number of rotatable bonds is 4. The highest BCUT2D eigenvalue weighted by Gasteiger charge is 2.18. The summed E-state index contributed by atoms with van der Waals surface area (Å²) in [6, 6.07) is 7.64. The second-order valence-electron chi connectivity index (χ2n) is 5.19. The van der Waals surface area contributed by atoms with Gasteiger partial charge in [-0.25, -0.2) is 0 Å². The van der Waals surface area contributed by atoms with E-state index >= 15 is 0 Å². The maximum Gasteiger partial charge on any atom is 0.201 e. The third-order valence-corrected chi connectivity index (χ3v) is 3.82. The molecule has 2 N–H and O–H groups in total. The average Bonchev–Trinajstić information content (AvgIpc) is 2.71. The summed E-state index contributed by atoms with van der Waals surface area (Å²) in [5.74, 6) is 0.193. The van der Waals surface area contributed by atoms with E-state index < -0.39 is 16.9 Å². The Labute approximate surface area is 156 Å². The third-order valence-electron chi connectivity index (χ3n) is 3.82. The molecule has 0 aliphatic rings. The van der Waals surface area contributed by atoms with Crippen LogP contribution in [0.5, 0.6) is 28.7 Å². The molecule has 0 aliphatic heterocycles. The Morgan fingerprint density at radius 3 is 2.04 bits per heavy atom. The van der Waals surface area contributed by atoms with Gasteiger partial charge in [-0.05, 0) is 18.2 Å². The number of aromatic hydroxyl groups is 2. The molecule has 0 saturated carbocycles. The van der Waals surface area contributed by atoms with Gasteiger partial charge in [0.2, 0.25) is 5.75 Å². The molecule has 144 valence electrons. The molecule has 7 heteroatoms. The van der Waals surface area contributed by atoms with Gasteiger partial charge in [-0.1, -0.05) is 13.8 Å². The first-order chi connectivity index (χ1) is 13.0. The Kier molecular flexibility index (Phi) is 6.18. The van der Waals surface area contributed by atoms with Crippen molar-refractivity contribution in [1.82, 2.24) is 0 Å². The van der Waals surface area contributed by atoms with Gasteiger partial charge in [0, 0.05) is 17.7 Å². The van der Waals surface area contributed by atoms with Gasteiger partial charge < -0.3 is 28.8 Å². The highest BCUT2D eigenvalue weighted by atomic mass is 16.5. The first kappa shape index (κ1) is 20.0. The Hall–Kier alpha value is -3.35. The Morgan fingerprint density at radius 2 is 1.44 bits per heavy atom. The Balaban J connectivity index is 0.00000126. The van der Waals surface area contributed by atoms with Crippen molar-refractivity contribution in [2.45, 2.75) is 13.8 Å². The second kappa shape index (κ2) is 8.35. The van der Waals surface area contributed by atoms with E-state index in [0.29, 0.717) is 17.1 Å². The summed E-state index contributed by atoms with van der Waals surface area (Å²) in [4.78, 5) is 12.4. The van der Waals surface area contributed by atoms with E-state index in [1.165, 1.54) is 33.5 Å². The molecule has 0 bridgehead atoms. The van der Waals surface area contributed by atoms with E-state index in [0.717, 1.165) is 0 Å². The lowest BCUT2D eigenvalue weighted by molar-refractivity contribution is 0.352. The predicted molar refractivity (Wildman–Crippen MR) is 102 cm³/mol. The van der Waals surface area contributed by atoms with E-state index in [1.54, 1.807) is 18.2 Å². The SMILES string of the molecule is CC.COc1ccc(-c2cc(=O)c3c(O)c(O)c(OC)cc3o2)cc1OC. The van der Waals surface area contributed by atoms with Gasteiger partial charge in [-0.3, -0.25) is 4.79 Å². The van der Waals surface area contributed by atoms with E-state index in [-0.39, 0.29) is 22.5 Å². The Bertz CT molecular complexity index is 1010. The molecule has 2 aromatic carbocycles. The van der Waals surface area contributed by atoms with Gasteiger partial charge in [-0.2, -0.15) is 0 Å². The number of hydrogen-bond donors (Lipinski definition) is 2. The summed E-state index contributed by atoms with van der Waals surface area (Å²) < 4.78 is 21.1. The number of methoxy groups -OCH3 is 3. The molecule has 0 amide bonds. The summed E-state index contributed by atoms with van der Waals surface area (Å²) in [5, 5.41) is 19.8. The minimum absolute atomic E-state index is 0.00221. The first-order valence-electron chi connectivity index (χ1n) is 8.29. The lowest BCUT2D eigenvalue weighted by atomic mass is 10.1. The number of phenols is 2. The lowest BCUT2D eigenvalue weighted by Crippen LogP contribution is -2.02. The quantitative estimate of drug-likeness (QED) is 0.668. The summed E-state index contributed by atoms with van der Waals surface area (Å²) in [5.41, 5.74) is 0.175. The maximum atomic E-state index is 12.4. The summed E-state index contributed by atoms with van der Waals surface area (Å²) in [7, 11) is 4.36. The van der Waals surface area contributed by atoms with Crippen molar-refractivity contribution >= 4 is 11.0 Å². The van der Waals surface area contributed by atoms with Crippen LogP contribution in [0.25, 0.3) is 22.3 Å². The van der Waals surface area contributed by atoms with Gasteiger partial charge in [0.05, 0.1) is 21.3 Å². The zero-order valence-electron chi connectivity index (χ0n) is 15.8. The molecule has 0 atom stereocenters. The molecule has 3 aromatic rings. The van der Waals surface area contributed by atoms with E-state index in [1.807, 2.05) is 13.8 Å². The van der Waals surface area contributed by atoms with Crippen molar-refractivity contribution in [3.63, 3.8) is 0 Å². The number of hydrogen-bond acceptors (Lipinski definition) is 7. The highest BCUT2D eigenvalue weighted by molar-refractivity contribution is 5.89. The average molecular weight is 374 g/mol. The molecule has 0 saturated heterocycles. The molecule has 7 nitrogen and oxygen atoms in total. The van der Waals surface area contributed by atoms with E-state index in [2.05, 4.69) is 0 Å². The fourth-order valence-corrected chi connectivity index (χ4v) is 2.56. The minimum atomic E-state index is -0.582. The maximum absolute atomic E-state index is 12.4. The fourth-order valence-electron chi connectivity index (χ4n) is 2.56. The highest BCUT2D eigenvalue weighted by Crippen LogP contribution is 2.41. The van der Waals surface area contributed by atoms with Crippen LogP contribution in [0.3, 0.4) is 0 Å². The molecule has 0 spiro atoms. The van der Waals surface area contributed by atoms with E-state index in [4.69, 9.17) is 18.6 Å². The zero-order chi connectivity index (χ0) is 20.1. The molecule has 27 heavy (non-hydrogen) atoms. The van der Waals surface area contributed by atoms with E-state index in [9.17, 15) is 15.0 Å². The standard InChI is InChI=1S/C18H16O7.C2H6/c1-22-11-5-4-9(6-13(11)23-2)12-7-10(19)16-14(25-12)8-15(24-3)17(20)18(16)21;1-2/h4-8,20-21H,1-3H3;1-2H3. The van der Waals surface area contributed by atoms with Gasteiger partial charge in [0.15, 0.2) is 28.4 Å². The van der Waals surface area contributed by atoms with Crippen molar-refractivity contribution in [3.8, 4) is 40.1 Å². The van der Waals surface area contributed by atoms with Crippen molar-refractivity contribution in [2.24, 2.45) is 0 Å². The van der Waals surface area contributed by atoms with Crippen LogP contribution in [-0.4, -0.2) is 31.5 Å². The molecular weight excluding hydrogens is 352 g/mol. The molecule has 1 aromatic heterocycles. The van der Waals surface area contributed by atoms with Crippen LogP contribution in [0.4, 0.5) is 0 Å².